The third-order valence-corrected chi connectivity index (χ3v) is 6.94. The van der Waals surface area contributed by atoms with E-state index in [-0.39, 0.29) is 11.9 Å². The van der Waals surface area contributed by atoms with E-state index in [4.69, 9.17) is 21.1 Å². The number of aromatic nitrogens is 1. The number of fused-ring (bicyclic) bond motifs is 3. The molecule has 6 rings (SSSR count). The molecule has 30 heavy (non-hydrogen) atoms. The van der Waals surface area contributed by atoms with Gasteiger partial charge in [-0.1, -0.05) is 35.9 Å². The van der Waals surface area contributed by atoms with Crippen molar-refractivity contribution in [2.24, 2.45) is 4.99 Å². The largest absolute Gasteiger partial charge is 0.450 e. The lowest BCUT2D eigenvalue weighted by molar-refractivity contribution is -0.130. The van der Waals surface area contributed by atoms with Crippen LogP contribution in [0.15, 0.2) is 41.5 Å². The molecular formula is C22H18ClN3O4. The molecule has 0 radical (unpaired) electrons. The zero-order valence-corrected chi connectivity index (χ0v) is 16.8. The van der Waals surface area contributed by atoms with E-state index in [0.717, 1.165) is 11.1 Å². The van der Waals surface area contributed by atoms with Gasteiger partial charge in [0.2, 0.25) is 5.60 Å². The van der Waals surface area contributed by atoms with Gasteiger partial charge in [0.25, 0.3) is 11.9 Å². The smallest absolute Gasteiger partial charge is 0.339 e. The number of carbonyl (C=O) groups excluding carboxylic acids is 2. The van der Waals surface area contributed by atoms with Gasteiger partial charge in [-0.05, 0) is 17.2 Å². The number of aliphatic imine (C=N–C) groups is 1. The number of hydrogen-bond donors (Lipinski definition) is 0. The molecule has 0 N–H and O–H groups in total. The van der Waals surface area contributed by atoms with Gasteiger partial charge in [-0.3, -0.25) is 4.79 Å². The van der Waals surface area contributed by atoms with Crippen molar-refractivity contribution in [2.45, 2.75) is 36.9 Å². The summed E-state index contributed by atoms with van der Waals surface area (Å²) in [5.41, 5.74) is 1.72. The summed E-state index contributed by atoms with van der Waals surface area (Å²) in [5, 5.41) is 0.305. The van der Waals surface area contributed by atoms with E-state index in [1.165, 1.54) is 6.20 Å². The summed E-state index contributed by atoms with van der Waals surface area (Å²) >= 11 is 6.32. The lowest BCUT2D eigenvalue weighted by atomic mass is 9.85. The first kappa shape index (κ1) is 17.9. The summed E-state index contributed by atoms with van der Waals surface area (Å²) in [6.07, 6.45) is 3.66. The van der Waals surface area contributed by atoms with Gasteiger partial charge in [-0.15, -0.1) is 0 Å². The fraction of sp³-hybridized carbons (Fsp3) is 0.364. The maximum absolute atomic E-state index is 12.8. The van der Waals surface area contributed by atoms with Gasteiger partial charge in [-0.2, -0.15) is 4.99 Å². The summed E-state index contributed by atoms with van der Waals surface area (Å²) in [6.45, 7) is 1.07. The highest BCUT2D eigenvalue weighted by Gasteiger charge is 2.54. The molecule has 1 fully saturated rings. The number of nitrogens with zero attached hydrogens (tertiary/aromatic N) is 3. The SMILES string of the molecule is O=C1OC2(CCN(C3=NC(=O)C4(Cc5ccccc5C4)O3)CC2)c2c1ccnc2Cl. The Labute approximate surface area is 177 Å². The van der Waals surface area contributed by atoms with E-state index in [9.17, 15) is 9.59 Å². The first-order chi connectivity index (χ1) is 14.5. The number of benzene rings is 1. The number of likely N-dealkylation sites (tertiary alicyclic amines) is 1. The second-order valence-corrected chi connectivity index (χ2v) is 8.67. The molecular weight excluding hydrogens is 406 g/mol. The minimum atomic E-state index is -0.923. The van der Waals surface area contributed by atoms with Crippen LogP contribution >= 0.6 is 11.6 Å². The number of amidine groups is 1. The lowest BCUT2D eigenvalue weighted by Gasteiger charge is -2.39. The quantitative estimate of drug-likeness (QED) is 0.478. The van der Waals surface area contributed by atoms with Crippen molar-refractivity contribution in [1.29, 1.82) is 0 Å². The highest BCUT2D eigenvalue weighted by atomic mass is 35.5. The third-order valence-electron chi connectivity index (χ3n) is 6.65. The van der Waals surface area contributed by atoms with Crippen molar-refractivity contribution in [3.05, 3.63) is 63.9 Å². The van der Waals surface area contributed by atoms with Crippen molar-refractivity contribution in [3.8, 4) is 0 Å². The molecule has 4 heterocycles. The maximum Gasteiger partial charge on any atom is 0.339 e. The first-order valence-electron chi connectivity index (χ1n) is 10.0. The van der Waals surface area contributed by atoms with E-state index < -0.39 is 11.2 Å². The lowest BCUT2D eigenvalue weighted by Crippen LogP contribution is -2.47. The van der Waals surface area contributed by atoms with Crippen LogP contribution in [0, 0.1) is 0 Å². The number of rotatable bonds is 0. The molecule has 0 bridgehead atoms. The molecule has 1 aromatic heterocycles. The maximum atomic E-state index is 12.8. The summed E-state index contributed by atoms with van der Waals surface area (Å²) in [4.78, 5) is 35.5. The van der Waals surface area contributed by atoms with Gasteiger partial charge in [0, 0.05) is 50.5 Å². The molecule has 8 heteroatoms. The average molecular weight is 424 g/mol. The Morgan fingerprint density at radius 3 is 2.37 bits per heavy atom. The fourth-order valence-electron chi connectivity index (χ4n) is 5.10. The zero-order valence-electron chi connectivity index (χ0n) is 16.1. The van der Waals surface area contributed by atoms with E-state index in [0.29, 0.717) is 61.1 Å². The molecule has 0 saturated carbocycles. The molecule has 2 spiro atoms. The molecule has 0 atom stereocenters. The second-order valence-electron chi connectivity index (χ2n) is 8.31. The number of ether oxygens (including phenoxy) is 2. The van der Waals surface area contributed by atoms with E-state index in [1.54, 1.807) is 6.07 Å². The second kappa shape index (κ2) is 6.04. The van der Waals surface area contributed by atoms with Crippen molar-refractivity contribution in [3.63, 3.8) is 0 Å². The highest BCUT2D eigenvalue weighted by Crippen LogP contribution is 2.47. The van der Waals surface area contributed by atoms with Gasteiger partial charge in [0.05, 0.1) is 5.56 Å². The molecule has 1 aromatic carbocycles. The third kappa shape index (κ3) is 2.38. The topological polar surface area (TPSA) is 81.1 Å². The van der Waals surface area contributed by atoms with Gasteiger partial charge < -0.3 is 14.4 Å². The van der Waals surface area contributed by atoms with Crippen LogP contribution in [-0.2, 0) is 32.7 Å². The standard InChI is InChI=1S/C22H18ClN3O4/c23-17-16-15(5-8-24-17)18(27)29-21(16)6-9-26(10-7-21)20-25-19(28)22(30-20)11-13-3-1-2-4-14(13)12-22/h1-5,8H,6-7,9-12H2. The molecule has 1 saturated heterocycles. The van der Waals surface area contributed by atoms with Crippen molar-refractivity contribution < 1.29 is 19.1 Å². The van der Waals surface area contributed by atoms with Crippen molar-refractivity contribution >= 4 is 29.5 Å². The predicted molar refractivity (Wildman–Crippen MR) is 107 cm³/mol. The van der Waals surface area contributed by atoms with Crippen LogP contribution in [0.25, 0.3) is 0 Å². The van der Waals surface area contributed by atoms with E-state index >= 15 is 0 Å². The zero-order chi connectivity index (χ0) is 20.5. The molecule has 1 amide bonds. The average Bonchev–Trinajstić information content (AvgIpc) is 3.36. The Morgan fingerprint density at radius 2 is 1.67 bits per heavy atom. The number of pyridine rings is 1. The Balaban J connectivity index is 1.21. The number of hydrogen-bond acceptors (Lipinski definition) is 6. The van der Waals surface area contributed by atoms with E-state index in [1.807, 2.05) is 29.2 Å². The molecule has 1 aliphatic carbocycles. The Bertz CT molecular complexity index is 1110. The van der Waals surface area contributed by atoms with Gasteiger partial charge >= 0.3 is 5.97 Å². The van der Waals surface area contributed by atoms with Crippen LogP contribution in [0.2, 0.25) is 5.15 Å². The van der Waals surface area contributed by atoms with E-state index in [2.05, 4.69) is 9.98 Å². The van der Waals surface area contributed by atoms with Crippen molar-refractivity contribution in [2.75, 3.05) is 13.1 Å². The summed E-state index contributed by atoms with van der Waals surface area (Å²) in [7, 11) is 0. The van der Waals surface area contributed by atoms with Gasteiger partial charge in [-0.25, -0.2) is 9.78 Å². The predicted octanol–water partition coefficient (Wildman–Crippen LogP) is 2.65. The van der Waals surface area contributed by atoms with Crippen LogP contribution in [0.1, 0.15) is 39.9 Å². The number of amides is 1. The number of carbonyl (C=O) groups is 2. The summed E-state index contributed by atoms with van der Waals surface area (Å²) in [5.74, 6) is -0.589. The summed E-state index contributed by atoms with van der Waals surface area (Å²) < 4.78 is 12.0. The first-order valence-corrected chi connectivity index (χ1v) is 10.4. The summed E-state index contributed by atoms with van der Waals surface area (Å²) in [6, 6.07) is 10.0. The van der Waals surface area contributed by atoms with Crippen molar-refractivity contribution in [1.82, 2.24) is 9.88 Å². The Kier molecular flexibility index (Phi) is 3.60. The number of piperidine rings is 1. The molecule has 4 aliphatic rings. The molecule has 0 unspecified atom stereocenters. The Morgan fingerprint density at radius 1 is 0.967 bits per heavy atom. The minimum Gasteiger partial charge on any atom is -0.450 e. The Hall–Kier alpha value is -2.93. The molecule has 7 nitrogen and oxygen atoms in total. The highest BCUT2D eigenvalue weighted by molar-refractivity contribution is 6.31. The molecule has 152 valence electrons. The van der Waals surface area contributed by atoms with Crippen LogP contribution in [0.5, 0.6) is 0 Å². The van der Waals surface area contributed by atoms with Crippen LogP contribution in [0.4, 0.5) is 0 Å². The van der Waals surface area contributed by atoms with Crippen LogP contribution < -0.4 is 0 Å². The monoisotopic (exact) mass is 423 g/mol. The normalized spacial score (nSPS) is 22.7. The van der Waals surface area contributed by atoms with Gasteiger partial charge in [0.1, 0.15) is 10.8 Å². The minimum absolute atomic E-state index is 0.223. The molecule has 2 aromatic rings. The van der Waals surface area contributed by atoms with Crippen LogP contribution in [-0.4, -0.2) is 46.5 Å². The molecule has 3 aliphatic heterocycles. The van der Waals surface area contributed by atoms with Crippen LogP contribution in [0.3, 0.4) is 0 Å². The fourth-order valence-corrected chi connectivity index (χ4v) is 5.43. The van der Waals surface area contributed by atoms with Gasteiger partial charge in [0.15, 0.2) is 0 Å². The number of esters is 1. The number of halogens is 1.